The van der Waals surface area contributed by atoms with Crippen LogP contribution in [-0.2, 0) is 0 Å². The van der Waals surface area contributed by atoms with Crippen LogP contribution >= 0.6 is 0 Å². The topological polar surface area (TPSA) is 20.2 Å². The molecular weight excluding hydrogens is 360 g/mol. The Hall–Kier alpha value is -0.906. The fraction of sp³-hybridized carbons (Fsp3) is 0.583. The van der Waals surface area contributed by atoms with Gasteiger partial charge in [-0.2, -0.15) is 0 Å². The molecule has 1 aromatic rings. The van der Waals surface area contributed by atoms with Crippen molar-refractivity contribution in [3.8, 4) is 0 Å². The van der Waals surface area contributed by atoms with E-state index in [-0.39, 0.29) is 6.10 Å². The van der Waals surface area contributed by atoms with Gasteiger partial charge in [-0.1, -0.05) is 80.0 Å². The smallest absolute Gasteiger partial charge is 0.0795 e. The van der Waals surface area contributed by atoms with Gasteiger partial charge in [0.25, 0.3) is 0 Å². The van der Waals surface area contributed by atoms with Gasteiger partial charge in [-0.05, 0) is 61.2 Å². The minimum atomic E-state index is -1.43. The Morgan fingerprint density at radius 2 is 1.48 bits per heavy atom. The second kappa shape index (κ2) is 7.84. The molecule has 2 aliphatic carbocycles. The minimum absolute atomic E-state index is 0.351. The molecule has 148 valence electrons. The van der Waals surface area contributed by atoms with Gasteiger partial charge in [0.05, 0.1) is 22.3 Å². The zero-order valence-electron chi connectivity index (χ0n) is 18.2. The number of hydrogen-bond acceptors (Lipinski definition) is 1. The van der Waals surface area contributed by atoms with Gasteiger partial charge in [0.2, 0.25) is 0 Å². The molecule has 3 heteroatoms. The minimum Gasteiger partial charge on any atom is -0.388 e. The number of aliphatic hydroxyl groups excluding tert-OH is 1. The van der Waals surface area contributed by atoms with Crippen molar-refractivity contribution in [2.45, 2.75) is 83.9 Å². The fourth-order valence-corrected chi connectivity index (χ4v) is 10.0. The highest BCUT2D eigenvalue weighted by molar-refractivity contribution is 6.84. The van der Waals surface area contributed by atoms with Gasteiger partial charge >= 0.3 is 0 Å². The normalized spacial score (nSPS) is 22.7. The van der Waals surface area contributed by atoms with Crippen LogP contribution in [0.15, 0.2) is 51.9 Å². The molecule has 1 N–H and O–H groups in total. The molecule has 0 amide bonds. The standard InChI is InChI=1S/C24H38OSi2/c1-26(2,3)23-17-19(16-22(25)18-12-8-7-9-13-18)24(27(4,5)6)21-15-11-10-14-20(21)23/h7-9,12-13,19,22,25H,10-11,14-17H2,1-6H3/t19-,22-/m0/s1. The van der Waals surface area contributed by atoms with Crippen LogP contribution in [0.4, 0.5) is 0 Å². The highest BCUT2D eigenvalue weighted by Gasteiger charge is 2.40. The van der Waals surface area contributed by atoms with E-state index < -0.39 is 16.1 Å². The van der Waals surface area contributed by atoms with Gasteiger partial charge in [-0.15, -0.1) is 0 Å². The SMILES string of the molecule is C[Si](C)(C)C1=C2CCCCC2=C([Si](C)(C)C)[C@@H](C[C@H](O)c2ccccc2)C1. The van der Waals surface area contributed by atoms with E-state index in [4.69, 9.17) is 0 Å². The summed E-state index contributed by atoms with van der Waals surface area (Å²) in [6, 6.07) is 10.3. The van der Waals surface area contributed by atoms with Gasteiger partial charge in [-0.25, -0.2) is 0 Å². The molecule has 0 bridgehead atoms. The number of benzene rings is 1. The van der Waals surface area contributed by atoms with Crippen LogP contribution in [0.3, 0.4) is 0 Å². The molecule has 1 fully saturated rings. The van der Waals surface area contributed by atoms with E-state index in [0.29, 0.717) is 5.92 Å². The molecule has 0 spiro atoms. The first-order valence-corrected chi connectivity index (χ1v) is 17.8. The molecule has 1 aromatic carbocycles. The Morgan fingerprint density at radius 3 is 2.04 bits per heavy atom. The lowest BCUT2D eigenvalue weighted by Crippen LogP contribution is -2.39. The van der Waals surface area contributed by atoms with Crippen LogP contribution in [0, 0.1) is 5.92 Å². The molecule has 1 nitrogen and oxygen atoms in total. The Morgan fingerprint density at radius 1 is 0.889 bits per heavy atom. The Bertz CT molecular complexity index is 732. The van der Waals surface area contributed by atoms with Gasteiger partial charge < -0.3 is 5.11 Å². The number of aliphatic hydroxyl groups is 1. The summed E-state index contributed by atoms with van der Waals surface area (Å²) in [6.45, 7) is 15.1. The average Bonchev–Trinajstić information content (AvgIpc) is 2.59. The molecule has 2 atom stereocenters. The number of allylic oxidation sites excluding steroid dienone is 4. The highest BCUT2D eigenvalue weighted by atomic mass is 28.3. The van der Waals surface area contributed by atoms with Crippen LogP contribution in [0.1, 0.15) is 50.2 Å². The van der Waals surface area contributed by atoms with Gasteiger partial charge in [0, 0.05) is 0 Å². The number of rotatable bonds is 5. The summed E-state index contributed by atoms with van der Waals surface area (Å²) in [6.07, 6.45) is 7.03. The molecule has 2 aliphatic rings. The summed E-state index contributed by atoms with van der Waals surface area (Å²) in [7, 11) is -2.78. The Balaban J connectivity index is 2.03. The predicted octanol–water partition coefficient (Wildman–Crippen LogP) is 7.05. The zero-order chi connectivity index (χ0) is 19.8. The summed E-state index contributed by atoms with van der Waals surface area (Å²) >= 11 is 0. The Kier molecular flexibility index (Phi) is 6.05. The van der Waals surface area contributed by atoms with Crippen molar-refractivity contribution in [3.63, 3.8) is 0 Å². The van der Waals surface area contributed by atoms with E-state index in [9.17, 15) is 5.11 Å². The van der Waals surface area contributed by atoms with Gasteiger partial charge in [0.1, 0.15) is 0 Å². The lowest BCUT2D eigenvalue weighted by Gasteiger charge is -2.43. The molecule has 0 heterocycles. The van der Waals surface area contributed by atoms with E-state index in [0.717, 1.165) is 12.0 Å². The second-order valence-electron chi connectivity index (χ2n) is 10.6. The van der Waals surface area contributed by atoms with E-state index in [2.05, 4.69) is 51.4 Å². The van der Waals surface area contributed by atoms with Crippen LogP contribution in [0.2, 0.25) is 39.3 Å². The maximum atomic E-state index is 11.0. The van der Waals surface area contributed by atoms with Crippen molar-refractivity contribution in [3.05, 3.63) is 57.4 Å². The van der Waals surface area contributed by atoms with Crippen molar-refractivity contribution in [1.82, 2.24) is 0 Å². The highest BCUT2D eigenvalue weighted by Crippen LogP contribution is 2.49. The third-order valence-electron chi connectivity index (χ3n) is 6.42. The first kappa shape index (κ1) is 20.8. The molecule has 0 aliphatic heterocycles. The van der Waals surface area contributed by atoms with E-state index in [1.807, 2.05) is 23.4 Å². The largest absolute Gasteiger partial charge is 0.388 e. The first-order valence-electron chi connectivity index (χ1n) is 10.8. The molecule has 0 saturated heterocycles. The molecule has 0 aromatic heterocycles. The quantitative estimate of drug-likeness (QED) is 0.527. The lowest BCUT2D eigenvalue weighted by molar-refractivity contribution is 0.151. The molecular formula is C24H38OSi2. The van der Waals surface area contributed by atoms with Crippen molar-refractivity contribution < 1.29 is 5.11 Å². The molecule has 3 rings (SSSR count). The van der Waals surface area contributed by atoms with E-state index in [1.54, 1.807) is 16.3 Å². The summed E-state index contributed by atoms with van der Waals surface area (Å²) in [5.41, 5.74) is 4.59. The summed E-state index contributed by atoms with van der Waals surface area (Å²) in [5.74, 6) is 0.533. The van der Waals surface area contributed by atoms with Crippen molar-refractivity contribution in [2.75, 3.05) is 0 Å². The fourth-order valence-electron chi connectivity index (χ4n) is 5.36. The second-order valence-corrected chi connectivity index (χ2v) is 20.8. The van der Waals surface area contributed by atoms with E-state index in [1.165, 1.54) is 32.1 Å². The first-order chi connectivity index (χ1) is 12.6. The lowest BCUT2D eigenvalue weighted by atomic mass is 9.79. The van der Waals surface area contributed by atoms with Crippen molar-refractivity contribution in [2.24, 2.45) is 5.92 Å². The molecule has 0 unspecified atom stereocenters. The average molecular weight is 399 g/mol. The zero-order valence-corrected chi connectivity index (χ0v) is 20.2. The van der Waals surface area contributed by atoms with E-state index >= 15 is 0 Å². The van der Waals surface area contributed by atoms with Crippen LogP contribution in [-0.4, -0.2) is 21.3 Å². The van der Waals surface area contributed by atoms with Crippen molar-refractivity contribution >= 4 is 16.1 Å². The number of hydrogen-bond donors (Lipinski definition) is 1. The van der Waals surface area contributed by atoms with Gasteiger partial charge in [0.15, 0.2) is 0 Å². The van der Waals surface area contributed by atoms with Crippen LogP contribution in [0.25, 0.3) is 0 Å². The monoisotopic (exact) mass is 398 g/mol. The third-order valence-corrected chi connectivity index (χ3v) is 11.1. The van der Waals surface area contributed by atoms with Crippen LogP contribution < -0.4 is 0 Å². The van der Waals surface area contributed by atoms with Crippen LogP contribution in [0.5, 0.6) is 0 Å². The number of fused-ring (bicyclic) bond motifs is 1. The molecule has 27 heavy (non-hydrogen) atoms. The van der Waals surface area contributed by atoms with Gasteiger partial charge in [-0.3, -0.25) is 0 Å². The summed E-state index contributed by atoms with van der Waals surface area (Å²) in [5, 5.41) is 14.6. The molecule has 1 saturated carbocycles. The predicted molar refractivity (Wildman–Crippen MR) is 123 cm³/mol. The Labute approximate surface area is 168 Å². The summed E-state index contributed by atoms with van der Waals surface area (Å²) in [4.78, 5) is 0. The molecule has 0 radical (unpaired) electrons. The summed E-state index contributed by atoms with van der Waals surface area (Å²) < 4.78 is 0. The van der Waals surface area contributed by atoms with Crippen molar-refractivity contribution in [1.29, 1.82) is 0 Å². The maximum Gasteiger partial charge on any atom is 0.0795 e. The maximum absolute atomic E-state index is 11.0. The third kappa shape index (κ3) is 4.57.